The Kier molecular flexibility index (Phi) is 3.96. The number of anilines is 1. The van der Waals surface area contributed by atoms with Crippen LogP contribution in [0.15, 0.2) is 35.3 Å². The van der Waals surface area contributed by atoms with Crippen molar-refractivity contribution in [2.24, 2.45) is 0 Å². The molecule has 3 aromatic rings. The van der Waals surface area contributed by atoms with Crippen LogP contribution in [-0.4, -0.2) is 20.5 Å². The van der Waals surface area contributed by atoms with Crippen molar-refractivity contribution in [1.29, 1.82) is 0 Å². The molecule has 6 nitrogen and oxygen atoms in total. The molecule has 0 spiro atoms. The summed E-state index contributed by atoms with van der Waals surface area (Å²) in [6, 6.07) is 7.36. The van der Waals surface area contributed by atoms with Gasteiger partial charge in [-0.2, -0.15) is 9.61 Å². The number of carbonyl (C=O) groups excluding carboxylic acids is 1. The quantitative estimate of drug-likeness (QED) is 0.777. The molecule has 0 aliphatic heterocycles. The van der Waals surface area contributed by atoms with Crippen LogP contribution < -0.4 is 10.9 Å². The van der Waals surface area contributed by atoms with E-state index in [4.69, 9.17) is 0 Å². The largest absolute Gasteiger partial charge is 0.316 e. The maximum Gasteiger partial charge on any atom is 0.298 e. The first-order valence-electron chi connectivity index (χ1n) is 7.53. The standard InChI is InChI=1S/C17H18N4O2S/c1-10-20-21-15(23)13(9-18-16(21)24-10)19-14(22)11-5-7-12(8-6-11)17(2,3)4/h5-9H,1-4H3,(H,19,22). The number of nitrogens with one attached hydrogen (secondary N) is 1. The molecule has 24 heavy (non-hydrogen) atoms. The van der Waals surface area contributed by atoms with Gasteiger partial charge in [-0.1, -0.05) is 44.2 Å². The van der Waals surface area contributed by atoms with Crippen LogP contribution >= 0.6 is 11.3 Å². The summed E-state index contributed by atoms with van der Waals surface area (Å²) in [7, 11) is 0. The molecule has 0 saturated heterocycles. The van der Waals surface area contributed by atoms with Crippen molar-refractivity contribution in [3.05, 3.63) is 57.0 Å². The van der Waals surface area contributed by atoms with Gasteiger partial charge in [-0.25, -0.2) is 4.98 Å². The van der Waals surface area contributed by atoms with E-state index in [-0.39, 0.29) is 22.6 Å². The van der Waals surface area contributed by atoms with Gasteiger partial charge in [0.25, 0.3) is 11.5 Å². The van der Waals surface area contributed by atoms with Gasteiger partial charge in [0, 0.05) is 5.56 Å². The number of carbonyl (C=O) groups is 1. The average molecular weight is 342 g/mol. The summed E-state index contributed by atoms with van der Waals surface area (Å²) in [6.45, 7) is 8.13. The Labute approximate surface area is 143 Å². The summed E-state index contributed by atoms with van der Waals surface area (Å²) in [5.74, 6) is -0.346. The Hall–Kier alpha value is -2.54. The minimum Gasteiger partial charge on any atom is -0.316 e. The van der Waals surface area contributed by atoms with E-state index in [9.17, 15) is 9.59 Å². The zero-order valence-corrected chi connectivity index (χ0v) is 14.8. The lowest BCUT2D eigenvalue weighted by atomic mass is 9.87. The molecule has 3 rings (SSSR count). The number of aromatic nitrogens is 3. The average Bonchev–Trinajstić information content (AvgIpc) is 2.91. The highest BCUT2D eigenvalue weighted by Crippen LogP contribution is 2.22. The van der Waals surface area contributed by atoms with E-state index in [1.807, 2.05) is 12.1 Å². The van der Waals surface area contributed by atoms with Gasteiger partial charge in [-0.3, -0.25) is 9.59 Å². The molecule has 0 atom stereocenters. The van der Waals surface area contributed by atoms with E-state index >= 15 is 0 Å². The fourth-order valence-corrected chi connectivity index (χ4v) is 2.99. The molecule has 124 valence electrons. The first-order chi connectivity index (χ1) is 11.3. The number of rotatable bonds is 2. The van der Waals surface area contributed by atoms with Gasteiger partial charge >= 0.3 is 0 Å². The summed E-state index contributed by atoms with van der Waals surface area (Å²) in [4.78, 5) is 29.4. The van der Waals surface area contributed by atoms with Crippen LogP contribution in [0.25, 0.3) is 4.96 Å². The second-order valence-electron chi connectivity index (χ2n) is 6.57. The topological polar surface area (TPSA) is 76.4 Å². The van der Waals surface area contributed by atoms with Crippen molar-refractivity contribution in [2.45, 2.75) is 33.1 Å². The second kappa shape index (κ2) is 5.83. The predicted octanol–water partition coefficient (Wildman–Crippen LogP) is 3.01. The maximum atomic E-state index is 12.4. The van der Waals surface area contributed by atoms with Crippen LogP contribution in [0.3, 0.4) is 0 Å². The van der Waals surface area contributed by atoms with Gasteiger partial charge in [0.05, 0.1) is 6.20 Å². The van der Waals surface area contributed by atoms with Crippen molar-refractivity contribution in [3.63, 3.8) is 0 Å². The molecule has 1 amide bonds. The molecule has 2 aromatic heterocycles. The Morgan fingerprint density at radius 3 is 2.50 bits per heavy atom. The monoisotopic (exact) mass is 342 g/mol. The SMILES string of the molecule is Cc1nn2c(=O)c(NC(=O)c3ccc(C(C)(C)C)cc3)cnc2s1. The van der Waals surface area contributed by atoms with Crippen LogP contribution in [0.4, 0.5) is 5.69 Å². The number of benzene rings is 1. The molecule has 2 heterocycles. The lowest BCUT2D eigenvalue weighted by molar-refractivity contribution is 0.102. The number of aryl methyl sites for hydroxylation is 1. The fourth-order valence-electron chi connectivity index (χ4n) is 2.28. The minimum absolute atomic E-state index is 0.0191. The Bertz CT molecular complexity index is 965. The summed E-state index contributed by atoms with van der Waals surface area (Å²) >= 11 is 1.32. The van der Waals surface area contributed by atoms with Crippen LogP contribution in [-0.2, 0) is 5.41 Å². The number of fused-ring (bicyclic) bond motifs is 1. The number of amides is 1. The van der Waals surface area contributed by atoms with Crippen molar-refractivity contribution >= 4 is 27.9 Å². The molecular weight excluding hydrogens is 324 g/mol. The molecule has 1 N–H and O–H groups in total. The third kappa shape index (κ3) is 3.07. The molecular formula is C17H18N4O2S. The first-order valence-corrected chi connectivity index (χ1v) is 8.35. The van der Waals surface area contributed by atoms with Crippen LogP contribution in [0.5, 0.6) is 0 Å². The van der Waals surface area contributed by atoms with Crippen molar-refractivity contribution < 1.29 is 4.79 Å². The maximum absolute atomic E-state index is 12.4. The molecule has 0 aliphatic carbocycles. The predicted molar refractivity (Wildman–Crippen MR) is 95.0 cm³/mol. The normalized spacial score (nSPS) is 11.7. The molecule has 0 aliphatic rings. The van der Waals surface area contributed by atoms with Crippen molar-refractivity contribution in [3.8, 4) is 0 Å². The Morgan fingerprint density at radius 1 is 1.21 bits per heavy atom. The van der Waals surface area contributed by atoms with E-state index in [1.54, 1.807) is 19.1 Å². The van der Waals surface area contributed by atoms with Gasteiger partial charge in [-0.15, -0.1) is 0 Å². The molecule has 7 heteroatoms. The van der Waals surface area contributed by atoms with Gasteiger partial charge in [0.2, 0.25) is 4.96 Å². The molecule has 0 saturated carbocycles. The fraction of sp³-hybridized carbons (Fsp3) is 0.294. The third-order valence-electron chi connectivity index (χ3n) is 3.65. The van der Waals surface area contributed by atoms with E-state index < -0.39 is 0 Å². The van der Waals surface area contributed by atoms with Gasteiger partial charge < -0.3 is 5.32 Å². The van der Waals surface area contributed by atoms with Gasteiger partial charge in [-0.05, 0) is 30.0 Å². The van der Waals surface area contributed by atoms with Crippen molar-refractivity contribution in [1.82, 2.24) is 14.6 Å². The van der Waals surface area contributed by atoms with Gasteiger partial charge in [0.15, 0.2) is 0 Å². The summed E-state index contributed by atoms with van der Waals surface area (Å²) < 4.78 is 1.21. The van der Waals surface area contributed by atoms with Crippen LogP contribution in [0, 0.1) is 6.92 Å². The summed E-state index contributed by atoms with van der Waals surface area (Å²) in [6.07, 6.45) is 1.37. The number of hydrogen-bond acceptors (Lipinski definition) is 5. The second-order valence-corrected chi connectivity index (χ2v) is 7.73. The molecule has 0 bridgehead atoms. The smallest absolute Gasteiger partial charge is 0.298 e. The highest BCUT2D eigenvalue weighted by Gasteiger charge is 2.16. The number of hydrogen-bond donors (Lipinski definition) is 1. The van der Waals surface area contributed by atoms with E-state index in [0.717, 1.165) is 10.6 Å². The lowest BCUT2D eigenvalue weighted by Gasteiger charge is -2.19. The Morgan fingerprint density at radius 2 is 1.88 bits per heavy atom. The lowest BCUT2D eigenvalue weighted by Crippen LogP contribution is -2.23. The van der Waals surface area contributed by atoms with Crippen molar-refractivity contribution in [2.75, 3.05) is 5.32 Å². The molecule has 0 radical (unpaired) electrons. The van der Waals surface area contributed by atoms with Crippen LogP contribution in [0.2, 0.25) is 0 Å². The number of nitrogens with zero attached hydrogens (tertiary/aromatic N) is 3. The highest BCUT2D eigenvalue weighted by atomic mass is 32.1. The third-order valence-corrected chi connectivity index (χ3v) is 4.49. The zero-order valence-electron chi connectivity index (χ0n) is 14.0. The minimum atomic E-state index is -0.385. The first kappa shape index (κ1) is 16.3. The molecule has 1 aromatic carbocycles. The van der Waals surface area contributed by atoms with E-state index in [0.29, 0.717) is 10.5 Å². The van der Waals surface area contributed by atoms with Gasteiger partial charge in [0.1, 0.15) is 10.7 Å². The van der Waals surface area contributed by atoms with E-state index in [2.05, 4.69) is 36.2 Å². The zero-order chi connectivity index (χ0) is 17.5. The molecule has 0 unspecified atom stereocenters. The Balaban J connectivity index is 1.87. The van der Waals surface area contributed by atoms with Crippen LogP contribution in [0.1, 0.15) is 41.7 Å². The highest BCUT2D eigenvalue weighted by molar-refractivity contribution is 7.16. The summed E-state index contributed by atoms with van der Waals surface area (Å²) in [5, 5.41) is 7.45. The van der Waals surface area contributed by atoms with E-state index in [1.165, 1.54) is 22.0 Å². The molecule has 0 fully saturated rings. The summed E-state index contributed by atoms with van der Waals surface area (Å²) in [5.41, 5.74) is 1.37.